The fraction of sp³-hybridized carbons (Fsp3) is 0. The van der Waals surface area contributed by atoms with Gasteiger partial charge in [0.05, 0.1) is 0 Å². The van der Waals surface area contributed by atoms with Crippen LogP contribution in [0.5, 0.6) is 0 Å². The Morgan fingerprint density at radius 3 is 1.43 bits per heavy atom. The van der Waals surface area contributed by atoms with Crippen LogP contribution in [0.4, 0.5) is 0 Å². The molecule has 1 aromatic heterocycles. The van der Waals surface area contributed by atoms with Gasteiger partial charge >= 0.3 is 0 Å². The van der Waals surface area contributed by atoms with Gasteiger partial charge in [0, 0.05) is 16.3 Å². The predicted molar refractivity (Wildman–Crippen MR) is 225 cm³/mol. The molecular weight excluding hydrogens is 641 g/mol. The van der Waals surface area contributed by atoms with Crippen molar-refractivity contribution in [3.05, 3.63) is 194 Å². The second-order valence-corrected chi connectivity index (χ2v) is 14.0. The van der Waals surface area contributed by atoms with Crippen LogP contribution in [-0.4, -0.2) is 0 Å². The average Bonchev–Trinajstić information content (AvgIpc) is 3.60. The molecule has 0 atom stereocenters. The fourth-order valence-electron chi connectivity index (χ4n) is 8.59. The van der Waals surface area contributed by atoms with Crippen LogP contribution in [0.25, 0.3) is 110 Å². The highest BCUT2D eigenvalue weighted by molar-refractivity contribution is 6.22. The predicted octanol–water partition coefficient (Wildman–Crippen LogP) is 14.9. The van der Waals surface area contributed by atoms with E-state index in [9.17, 15) is 0 Å². The van der Waals surface area contributed by atoms with E-state index >= 15 is 0 Å². The summed E-state index contributed by atoms with van der Waals surface area (Å²) in [6.07, 6.45) is 0. The van der Waals surface area contributed by atoms with E-state index in [4.69, 9.17) is 4.42 Å². The van der Waals surface area contributed by atoms with Crippen LogP contribution in [0.2, 0.25) is 0 Å². The molecule has 0 unspecified atom stereocenters. The summed E-state index contributed by atoms with van der Waals surface area (Å²) in [5, 5.41) is 12.2. The van der Waals surface area contributed by atoms with Gasteiger partial charge in [0.2, 0.25) is 0 Å². The van der Waals surface area contributed by atoms with Gasteiger partial charge in [-0.3, -0.25) is 0 Å². The lowest BCUT2D eigenvalue weighted by Crippen LogP contribution is -1.91. The summed E-state index contributed by atoms with van der Waals surface area (Å²) in [5.41, 5.74) is 11.5. The maximum absolute atomic E-state index is 6.59. The highest BCUT2D eigenvalue weighted by atomic mass is 16.3. The lowest BCUT2D eigenvalue weighted by atomic mass is 9.85. The number of furan rings is 1. The monoisotopic (exact) mass is 672 g/mol. The van der Waals surface area contributed by atoms with Crippen molar-refractivity contribution < 1.29 is 4.42 Å². The molecule has 0 bridgehead atoms. The molecule has 0 saturated carbocycles. The van der Waals surface area contributed by atoms with E-state index in [1.165, 1.54) is 76.5 Å². The molecule has 0 aliphatic carbocycles. The third-order valence-electron chi connectivity index (χ3n) is 11.0. The van der Waals surface area contributed by atoms with Crippen LogP contribution in [-0.2, 0) is 0 Å². The minimum absolute atomic E-state index is 0.913. The SMILES string of the molecule is c1cc(-c2ccc3ccccc3c2)cc(-c2c3ccccc3c(-c3ccc(-c4c5ccccc5cc5c4oc4ccccc45)cc3)c3ccccc23)c1. The number of fused-ring (bicyclic) bond motifs is 7. The summed E-state index contributed by atoms with van der Waals surface area (Å²) in [5.74, 6) is 0. The van der Waals surface area contributed by atoms with Gasteiger partial charge in [0.1, 0.15) is 11.2 Å². The Bertz CT molecular complexity index is 3160. The largest absolute Gasteiger partial charge is 0.455 e. The second kappa shape index (κ2) is 11.8. The molecule has 0 aliphatic rings. The van der Waals surface area contributed by atoms with Crippen molar-refractivity contribution in [3.63, 3.8) is 0 Å². The Labute approximate surface area is 307 Å². The highest BCUT2D eigenvalue weighted by Crippen LogP contribution is 2.46. The maximum atomic E-state index is 6.59. The van der Waals surface area contributed by atoms with E-state index in [1.807, 2.05) is 6.07 Å². The summed E-state index contributed by atoms with van der Waals surface area (Å²) in [6, 6.07) is 70.6. The van der Waals surface area contributed by atoms with Crippen molar-refractivity contribution in [3.8, 4) is 44.5 Å². The molecule has 0 spiro atoms. The topological polar surface area (TPSA) is 13.1 Å². The Kier molecular flexibility index (Phi) is 6.62. The molecule has 0 fully saturated rings. The first-order valence-electron chi connectivity index (χ1n) is 18.3. The maximum Gasteiger partial charge on any atom is 0.143 e. The molecule has 0 aliphatic heterocycles. The van der Waals surface area contributed by atoms with Gasteiger partial charge < -0.3 is 4.42 Å². The normalized spacial score (nSPS) is 11.8. The van der Waals surface area contributed by atoms with Crippen molar-refractivity contribution in [1.82, 2.24) is 0 Å². The molecule has 0 N–H and O–H groups in total. The highest BCUT2D eigenvalue weighted by Gasteiger charge is 2.19. The first-order chi connectivity index (χ1) is 26.3. The van der Waals surface area contributed by atoms with Crippen LogP contribution < -0.4 is 0 Å². The lowest BCUT2D eigenvalue weighted by Gasteiger charge is -2.18. The standard InChI is InChI=1S/C52H32O/c1-2-13-36-30-38(29-24-33(36)12-1)37-15-11-16-40(31-37)50-45-21-7-5-19-43(45)49(44-20-6-8-22-46(44)50)34-25-27-35(28-26-34)51-41-17-4-3-14-39(41)32-47-42-18-9-10-23-48(42)53-52(47)51/h1-32H. The van der Waals surface area contributed by atoms with Gasteiger partial charge in [0.15, 0.2) is 0 Å². The first-order valence-corrected chi connectivity index (χ1v) is 18.3. The zero-order valence-electron chi connectivity index (χ0n) is 28.9. The van der Waals surface area contributed by atoms with Crippen LogP contribution in [0.15, 0.2) is 199 Å². The third kappa shape index (κ3) is 4.71. The van der Waals surface area contributed by atoms with Gasteiger partial charge in [-0.2, -0.15) is 0 Å². The van der Waals surface area contributed by atoms with Crippen molar-refractivity contribution in [1.29, 1.82) is 0 Å². The summed E-state index contributed by atoms with van der Waals surface area (Å²) >= 11 is 0. The van der Waals surface area contributed by atoms with E-state index in [-0.39, 0.29) is 0 Å². The van der Waals surface area contributed by atoms with E-state index in [2.05, 4.69) is 188 Å². The van der Waals surface area contributed by atoms with Gasteiger partial charge in [-0.15, -0.1) is 0 Å². The molecular formula is C52H32O. The summed E-state index contributed by atoms with van der Waals surface area (Å²) in [6.45, 7) is 0. The lowest BCUT2D eigenvalue weighted by molar-refractivity contribution is 0.670. The Balaban J connectivity index is 1.09. The van der Waals surface area contributed by atoms with Crippen molar-refractivity contribution >= 4 is 65.0 Å². The Morgan fingerprint density at radius 1 is 0.245 bits per heavy atom. The number of hydrogen-bond donors (Lipinski definition) is 0. The van der Waals surface area contributed by atoms with Gasteiger partial charge in [-0.1, -0.05) is 170 Å². The van der Waals surface area contributed by atoms with Crippen molar-refractivity contribution in [2.45, 2.75) is 0 Å². The molecule has 0 saturated heterocycles. The molecule has 10 aromatic carbocycles. The number of hydrogen-bond acceptors (Lipinski definition) is 1. The van der Waals surface area contributed by atoms with Crippen molar-refractivity contribution in [2.24, 2.45) is 0 Å². The molecule has 1 heteroatoms. The quantitative estimate of drug-likeness (QED) is 0.170. The number of benzene rings is 10. The van der Waals surface area contributed by atoms with E-state index in [0.29, 0.717) is 0 Å². The van der Waals surface area contributed by atoms with Gasteiger partial charge in [0.25, 0.3) is 0 Å². The number of rotatable bonds is 4. The Morgan fingerprint density at radius 2 is 0.736 bits per heavy atom. The van der Waals surface area contributed by atoms with Crippen molar-refractivity contribution in [2.75, 3.05) is 0 Å². The van der Waals surface area contributed by atoms with E-state index < -0.39 is 0 Å². The van der Waals surface area contributed by atoms with Crippen LogP contribution in [0, 0.1) is 0 Å². The van der Waals surface area contributed by atoms with Gasteiger partial charge in [-0.25, -0.2) is 0 Å². The van der Waals surface area contributed by atoms with E-state index in [0.717, 1.165) is 33.1 Å². The zero-order valence-corrected chi connectivity index (χ0v) is 28.9. The van der Waals surface area contributed by atoms with E-state index in [1.54, 1.807) is 0 Å². The summed E-state index contributed by atoms with van der Waals surface area (Å²) < 4.78 is 6.59. The molecule has 53 heavy (non-hydrogen) atoms. The smallest absolute Gasteiger partial charge is 0.143 e. The molecule has 1 nitrogen and oxygen atoms in total. The minimum Gasteiger partial charge on any atom is -0.455 e. The van der Waals surface area contributed by atoms with Crippen LogP contribution in [0.1, 0.15) is 0 Å². The summed E-state index contributed by atoms with van der Waals surface area (Å²) in [7, 11) is 0. The first kappa shape index (κ1) is 29.7. The molecule has 0 radical (unpaired) electrons. The fourth-order valence-corrected chi connectivity index (χ4v) is 8.59. The van der Waals surface area contributed by atoms with Crippen LogP contribution >= 0.6 is 0 Å². The van der Waals surface area contributed by atoms with Gasteiger partial charge in [-0.05, 0) is 106 Å². The molecule has 1 heterocycles. The molecule has 11 rings (SSSR count). The minimum atomic E-state index is 0.913. The Hall–Kier alpha value is -6.96. The second-order valence-electron chi connectivity index (χ2n) is 14.0. The average molecular weight is 673 g/mol. The summed E-state index contributed by atoms with van der Waals surface area (Å²) in [4.78, 5) is 0. The molecule has 11 aromatic rings. The third-order valence-corrected chi connectivity index (χ3v) is 11.0. The number of para-hydroxylation sites is 1. The zero-order chi connectivity index (χ0) is 34.9. The molecule has 246 valence electrons. The van der Waals surface area contributed by atoms with Crippen LogP contribution in [0.3, 0.4) is 0 Å². The molecule has 0 amide bonds.